The number of ether oxygens (including phenoxy) is 3. The van der Waals surface area contributed by atoms with E-state index in [1.807, 2.05) is 51.1 Å². The van der Waals surface area contributed by atoms with Crippen LogP contribution in [0.1, 0.15) is 45.1 Å². The molecule has 4 rings (SSSR count). The Balaban J connectivity index is 1.86. The second-order valence-electron chi connectivity index (χ2n) is 7.79. The molecule has 0 fully saturated rings. The highest BCUT2D eigenvalue weighted by atomic mass is 16.6. The van der Waals surface area contributed by atoms with Crippen molar-refractivity contribution in [2.75, 3.05) is 6.61 Å². The van der Waals surface area contributed by atoms with E-state index in [0.29, 0.717) is 18.6 Å². The maximum atomic E-state index is 13.0. The van der Waals surface area contributed by atoms with E-state index in [9.17, 15) is 9.59 Å². The molecule has 2 bridgehead atoms. The fourth-order valence-electron chi connectivity index (χ4n) is 3.81. The summed E-state index contributed by atoms with van der Waals surface area (Å²) in [6.07, 6.45) is 1.12. The van der Waals surface area contributed by atoms with Gasteiger partial charge in [0, 0.05) is 23.1 Å². The van der Waals surface area contributed by atoms with Gasteiger partial charge >= 0.3 is 12.1 Å². The first-order chi connectivity index (χ1) is 12.8. The normalized spacial score (nSPS) is 21.0. The highest BCUT2D eigenvalue weighted by molar-refractivity contribution is 5.97. The lowest BCUT2D eigenvalue weighted by atomic mass is 9.99. The molecule has 1 aromatic heterocycles. The Hall–Kier alpha value is -2.60. The molecular formula is C21H23NO5. The van der Waals surface area contributed by atoms with Gasteiger partial charge in [-0.05, 0) is 39.8 Å². The van der Waals surface area contributed by atoms with Crippen LogP contribution in [0, 0.1) is 0 Å². The van der Waals surface area contributed by atoms with Crippen LogP contribution in [-0.2, 0) is 25.4 Å². The summed E-state index contributed by atoms with van der Waals surface area (Å²) in [4.78, 5) is 25.3. The third-order valence-electron chi connectivity index (χ3n) is 4.72. The van der Waals surface area contributed by atoms with Crippen molar-refractivity contribution in [1.29, 1.82) is 0 Å². The van der Waals surface area contributed by atoms with Crippen LogP contribution in [0.25, 0.3) is 10.9 Å². The fraction of sp³-hybridized carbons (Fsp3) is 0.429. The molecule has 2 atom stereocenters. The highest BCUT2D eigenvalue weighted by Crippen LogP contribution is 2.46. The van der Waals surface area contributed by atoms with Gasteiger partial charge in [0.15, 0.2) is 0 Å². The van der Waals surface area contributed by atoms with Crippen LogP contribution >= 0.6 is 0 Å². The predicted octanol–water partition coefficient (Wildman–Crippen LogP) is 3.91. The SMILES string of the molecule is CCOC(=O)C1=CC2Cc3c(c4ccccc4n3C(=O)OC(C)(C)C)C1O2. The molecule has 0 aliphatic carbocycles. The standard InChI is InChI=1S/C21H23NO5/c1-5-25-19(23)14-10-12-11-16-17(18(14)26-12)13-8-6-7-9-15(13)22(16)20(24)27-21(2,3)4/h6-10,12,18H,5,11H2,1-4H3. The first kappa shape index (κ1) is 17.8. The molecule has 2 aromatic rings. The molecule has 3 heterocycles. The second-order valence-corrected chi connectivity index (χ2v) is 7.79. The number of esters is 1. The number of benzene rings is 1. The minimum atomic E-state index is -0.603. The number of hydrogen-bond donors (Lipinski definition) is 0. The van der Waals surface area contributed by atoms with E-state index < -0.39 is 17.8 Å². The minimum absolute atomic E-state index is 0.257. The third kappa shape index (κ3) is 2.94. The zero-order chi connectivity index (χ0) is 19.3. The Morgan fingerprint density at radius 2 is 2.00 bits per heavy atom. The van der Waals surface area contributed by atoms with Crippen LogP contribution < -0.4 is 0 Å². The van der Waals surface area contributed by atoms with Crippen molar-refractivity contribution >= 4 is 23.0 Å². The predicted molar refractivity (Wildman–Crippen MR) is 99.6 cm³/mol. The summed E-state index contributed by atoms with van der Waals surface area (Å²) in [5.74, 6) is -0.369. The minimum Gasteiger partial charge on any atom is -0.463 e. The molecule has 0 spiro atoms. The second kappa shape index (κ2) is 6.23. The van der Waals surface area contributed by atoms with Gasteiger partial charge in [0.2, 0.25) is 0 Å². The Labute approximate surface area is 157 Å². The summed E-state index contributed by atoms with van der Waals surface area (Å²) in [7, 11) is 0. The summed E-state index contributed by atoms with van der Waals surface area (Å²) >= 11 is 0. The van der Waals surface area contributed by atoms with Gasteiger partial charge in [0.1, 0.15) is 11.7 Å². The van der Waals surface area contributed by atoms with Gasteiger partial charge in [-0.3, -0.25) is 0 Å². The summed E-state index contributed by atoms with van der Waals surface area (Å²) in [6, 6.07) is 7.63. The van der Waals surface area contributed by atoms with Crippen molar-refractivity contribution < 1.29 is 23.8 Å². The number of carbonyl (C=O) groups is 2. The smallest absolute Gasteiger partial charge is 0.419 e. The van der Waals surface area contributed by atoms with Crippen LogP contribution in [-0.4, -0.2) is 34.9 Å². The van der Waals surface area contributed by atoms with Crippen LogP contribution in [0.4, 0.5) is 4.79 Å². The molecule has 0 saturated carbocycles. The van der Waals surface area contributed by atoms with Crippen LogP contribution in [0.15, 0.2) is 35.9 Å². The van der Waals surface area contributed by atoms with Crippen LogP contribution in [0.2, 0.25) is 0 Å². The van der Waals surface area contributed by atoms with E-state index in [0.717, 1.165) is 22.2 Å². The number of rotatable bonds is 2. The zero-order valence-electron chi connectivity index (χ0n) is 15.9. The van der Waals surface area contributed by atoms with Crippen molar-refractivity contribution in [3.63, 3.8) is 0 Å². The van der Waals surface area contributed by atoms with Gasteiger partial charge in [-0.15, -0.1) is 0 Å². The maximum absolute atomic E-state index is 13.0. The van der Waals surface area contributed by atoms with Crippen molar-refractivity contribution in [2.45, 2.75) is 51.9 Å². The fourth-order valence-corrected chi connectivity index (χ4v) is 3.81. The van der Waals surface area contributed by atoms with E-state index in [4.69, 9.17) is 14.2 Å². The number of para-hydroxylation sites is 1. The number of aromatic nitrogens is 1. The van der Waals surface area contributed by atoms with Gasteiger partial charge in [-0.2, -0.15) is 0 Å². The molecule has 1 aromatic carbocycles. The van der Waals surface area contributed by atoms with Crippen molar-refractivity contribution in [2.24, 2.45) is 0 Å². The maximum Gasteiger partial charge on any atom is 0.419 e. The molecule has 27 heavy (non-hydrogen) atoms. The Kier molecular flexibility index (Phi) is 4.11. The highest BCUT2D eigenvalue weighted by Gasteiger charge is 2.43. The van der Waals surface area contributed by atoms with E-state index in [-0.39, 0.29) is 12.1 Å². The van der Waals surface area contributed by atoms with Crippen molar-refractivity contribution in [3.8, 4) is 0 Å². The topological polar surface area (TPSA) is 66.8 Å². The van der Waals surface area contributed by atoms with Crippen molar-refractivity contribution in [3.05, 3.63) is 47.2 Å². The summed E-state index contributed by atoms with van der Waals surface area (Å²) < 4.78 is 18.5. The Bertz CT molecular complexity index is 963. The van der Waals surface area contributed by atoms with Gasteiger partial charge in [-0.25, -0.2) is 14.2 Å². The molecular weight excluding hydrogens is 346 g/mol. The van der Waals surface area contributed by atoms with Crippen LogP contribution in [0.3, 0.4) is 0 Å². The van der Waals surface area contributed by atoms with Gasteiger partial charge in [0.25, 0.3) is 0 Å². The zero-order valence-corrected chi connectivity index (χ0v) is 15.9. The number of nitrogens with zero attached hydrogens (tertiary/aromatic N) is 1. The molecule has 0 radical (unpaired) electrons. The quantitative estimate of drug-likeness (QED) is 0.751. The third-order valence-corrected chi connectivity index (χ3v) is 4.72. The van der Waals surface area contributed by atoms with Crippen LogP contribution in [0.5, 0.6) is 0 Å². The summed E-state index contributed by atoms with van der Waals surface area (Å²) in [5, 5.41) is 0.888. The molecule has 0 saturated heterocycles. The number of fused-ring (bicyclic) bond motifs is 6. The molecule has 2 aliphatic heterocycles. The molecule has 142 valence electrons. The monoisotopic (exact) mass is 369 g/mol. The van der Waals surface area contributed by atoms with Gasteiger partial charge in [-0.1, -0.05) is 18.2 Å². The van der Waals surface area contributed by atoms with Gasteiger partial charge < -0.3 is 14.2 Å². The molecule has 2 aliphatic rings. The Morgan fingerprint density at radius 1 is 1.26 bits per heavy atom. The number of carbonyl (C=O) groups excluding carboxylic acids is 2. The largest absolute Gasteiger partial charge is 0.463 e. The Morgan fingerprint density at radius 3 is 2.70 bits per heavy atom. The van der Waals surface area contributed by atoms with E-state index in [1.165, 1.54) is 0 Å². The molecule has 2 unspecified atom stereocenters. The lowest BCUT2D eigenvalue weighted by molar-refractivity contribution is -0.139. The van der Waals surface area contributed by atoms with Gasteiger partial charge in [0.05, 0.1) is 23.8 Å². The summed E-state index contributed by atoms with van der Waals surface area (Å²) in [5.41, 5.74) is 2.35. The average Bonchev–Trinajstić information content (AvgIpc) is 3.09. The first-order valence-corrected chi connectivity index (χ1v) is 9.20. The molecule has 6 heteroatoms. The summed E-state index contributed by atoms with van der Waals surface area (Å²) in [6.45, 7) is 7.61. The van der Waals surface area contributed by atoms with E-state index in [1.54, 1.807) is 11.5 Å². The molecule has 0 amide bonds. The lowest BCUT2D eigenvalue weighted by Gasteiger charge is -2.25. The molecule has 6 nitrogen and oxygen atoms in total. The van der Waals surface area contributed by atoms with Crippen molar-refractivity contribution in [1.82, 2.24) is 4.57 Å². The molecule has 0 N–H and O–H groups in total. The average molecular weight is 369 g/mol. The first-order valence-electron chi connectivity index (χ1n) is 9.20. The van der Waals surface area contributed by atoms with E-state index in [2.05, 4.69) is 0 Å². The lowest BCUT2D eigenvalue weighted by Crippen LogP contribution is -2.30. The van der Waals surface area contributed by atoms with E-state index >= 15 is 0 Å². The number of hydrogen-bond acceptors (Lipinski definition) is 5.